The van der Waals surface area contributed by atoms with Crippen LogP contribution in [0, 0.1) is 5.41 Å². The molecule has 1 aromatic carbocycles. The minimum absolute atomic E-state index is 0.116. The van der Waals surface area contributed by atoms with E-state index in [1.54, 1.807) is 7.11 Å². The zero-order valence-corrected chi connectivity index (χ0v) is 17.7. The van der Waals surface area contributed by atoms with Gasteiger partial charge in [-0.15, -0.1) is 0 Å². The minimum atomic E-state index is -4.51. The van der Waals surface area contributed by atoms with Crippen LogP contribution in [0.4, 0.5) is 13.2 Å². The average Bonchev–Trinajstić information content (AvgIpc) is 3.47. The third-order valence-electron chi connectivity index (χ3n) is 7.58. The van der Waals surface area contributed by atoms with E-state index in [1.165, 1.54) is 5.56 Å². The van der Waals surface area contributed by atoms with Gasteiger partial charge in [-0.05, 0) is 79.8 Å². The second-order valence-electron chi connectivity index (χ2n) is 9.27. The highest BCUT2D eigenvalue weighted by Gasteiger charge is 2.67. The van der Waals surface area contributed by atoms with E-state index in [9.17, 15) is 18.0 Å². The fourth-order valence-electron chi connectivity index (χ4n) is 5.92. The summed E-state index contributed by atoms with van der Waals surface area (Å²) in [6.07, 6.45) is 1.49. The third-order valence-corrected chi connectivity index (χ3v) is 7.90. The molecule has 5 rings (SSSR count). The number of ether oxygens (including phenoxy) is 1. The quantitative estimate of drug-likeness (QED) is 0.720. The Morgan fingerprint density at radius 3 is 2.53 bits per heavy atom. The molecule has 30 heavy (non-hydrogen) atoms. The maximum atomic E-state index is 13.7. The van der Waals surface area contributed by atoms with Gasteiger partial charge in [0.15, 0.2) is 10.7 Å². The Balaban J connectivity index is 1.62. The summed E-state index contributed by atoms with van der Waals surface area (Å²) in [4.78, 5) is 14.5. The molecule has 1 unspecified atom stereocenters. The molecule has 4 aliphatic rings. The zero-order chi connectivity index (χ0) is 21.3. The number of nitrogens with one attached hydrogen (secondary N) is 1. The van der Waals surface area contributed by atoms with Gasteiger partial charge in [0.1, 0.15) is 6.54 Å². The molecule has 0 radical (unpaired) electrons. The molecule has 1 aliphatic heterocycles. The van der Waals surface area contributed by atoms with Gasteiger partial charge in [-0.25, -0.2) is 0 Å². The molecular formula is C22H25F3N2O2S. The van der Waals surface area contributed by atoms with Gasteiger partial charge >= 0.3 is 6.18 Å². The first kappa shape index (κ1) is 20.2. The maximum absolute atomic E-state index is 13.7. The van der Waals surface area contributed by atoms with Crippen molar-refractivity contribution in [1.29, 1.82) is 0 Å². The molecule has 1 aromatic rings. The highest BCUT2D eigenvalue weighted by molar-refractivity contribution is 7.80. The lowest BCUT2D eigenvalue weighted by Gasteiger charge is -2.46. The van der Waals surface area contributed by atoms with E-state index in [4.69, 9.17) is 17.0 Å². The first-order valence-electron chi connectivity index (χ1n) is 10.6. The molecule has 3 aliphatic carbocycles. The number of rotatable bonds is 3. The number of thiocarbonyl (C=S) groups is 1. The fourth-order valence-corrected chi connectivity index (χ4v) is 6.22. The van der Waals surface area contributed by atoms with Crippen LogP contribution in [0.2, 0.25) is 0 Å². The molecule has 1 N–H and O–H groups in total. The van der Waals surface area contributed by atoms with Crippen molar-refractivity contribution in [3.8, 4) is 0 Å². The van der Waals surface area contributed by atoms with Crippen LogP contribution < -0.4 is 5.32 Å². The molecule has 8 heteroatoms. The molecule has 0 bridgehead atoms. The van der Waals surface area contributed by atoms with Crippen LogP contribution in [-0.2, 0) is 21.5 Å². The van der Waals surface area contributed by atoms with Crippen molar-refractivity contribution >= 4 is 23.2 Å². The number of alkyl halides is 3. The lowest BCUT2D eigenvalue weighted by molar-refractivity contribution is -0.157. The highest BCUT2D eigenvalue weighted by Crippen LogP contribution is 2.60. The van der Waals surface area contributed by atoms with E-state index < -0.39 is 29.6 Å². The molecule has 4 nitrogen and oxygen atoms in total. The number of carbonyl (C=O) groups is 1. The van der Waals surface area contributed by atoms with Crippen molar-refractivity contribution in [2.24, 2.45) is 5.41 Å². The van der Waals surface area contributed by atoms with Gasteiger partial charge in [0.05, 0.1) is 6.10 Å². The molecular weight excluding hydrogens is 413 g/mol. The van der Waals surface area contributed by atoms with Crippen LogP contribution in [0.25, 0.3) is 0 Å². The van der Waals surface area contributed by atoms with Crippen molar-refractivity contribution in [3.05, 3.63) is 34.9 Å². The van der Waals surface area contributed by atoms with E-state index in [0.29, 0.717) is 25.2 Å². The Labute approximate surface area is 179 Å². The number of hydrogen-bond donors (Lipinski definition) is 1. The number of methoxy groups -OCH3 is 1. The van der Waals surface area contributed by atoms with Crippen molar-refractivity contribution in [2.45, 2.75) is 68.7 Å². The summed E-state index contributed by atoms with van der Waals surface area (Å²) in [5, 5.41) is 3.04. The Morgan fingerprint density at radius 1 is 1.23 bits per heavy atom. The average molecular weight is 439 g/mol. The largest absolute Gasteiger partial charge is 0.406 e. The topological polar surface area (TPSA) is 41.6 Å². The van der Waals surface area contributed by atoms with Crippen LogP contribution in [0.5, 0.6) is 0 Å². The van der Waals surface area contributed by atoms with Gasteiger partial charge < -0.3 is 10.1 Å². The Bertz CT molecular complexity index is 906. The molecule has 2 spiro atoms. The predicted molar refractivity (Wildman–Crippen MR) is 109 cm³/mol. The number of carbonyl (C=O) groups excluding carboxylic acids is 1. The summed E-state index contributed by atoms with van der Waals surface area (Å²) < 4.78 is 45.2. The number of halogens is 3. The van der Waals surface area contributed by atoms with E-state index in [0.717, 1.165) is 41.7 Å². The first-order valence-corrected chi connectivity index (χ1v) is 11.0. The summed E-state index contributed by atoms with van der Waals surface area (Å²) in [7, 11) is 1.68. The van der Waals surface area contributed by atoms with Gasteiger partial charge in [0, 0.05) is 12.5 Å². The van der Waals surface area contributed by atoms with Gasteiger partial charge in [-0.2, -0.15) is 13.2 Å². The molecule has 1 saturated heterocycles. The third kappa shape index (κ3) is 2.90. The van der Waals surface area contributed by atoms with E-state index in [2.05, 4.69) is 23.5 Å². The van der Waals surface area contributed by atoms with Gasteiger partial charge in [0.25, 0.3) is 5.91 Å². The first-order chi connectivity index (χ1) is 14.2. The normalized spacial score (nSPS) is 33.5. The maximum Gasteiger partial charge on any atom is 0.406 e. The van der Waals surface area contributed by atoms with Crippen LogP contribution >= 0.6 is 12.2 Å². The fraction of sp³-hybridized carbons (Fsp3) is 0.636. The predicted octanol–water partition coefficient (Wildman–Crippen LogP) is 4.17. The molecule has 162 valence electrons. The standard InChI is InChI=1S/C22H25F3N2O2S/c1-29-16-6-8-20(9-7-16)11-15-5-4-14(13-2-3-13)10-17(15)22(20)18(28)27(19(30)26-22)12-21(23,24)25/h4-5,10,13,16H,2-3,6-9,11-12H2,1H3,(H,26,30). The minimum Gasteiger partial charge on any atom is -0.381 e. The van der Waals surface area contributed by atoms with Crippen molar-refractivity contribution in [1.82, 2.24) is 10.2 Å². The number of benzene rings is 1. The molecule has 2 saturated carbocycles. The van der Waals surface area contributed by atoms with Crippen LogP contribution in [0.15, 0.2) is 18.2 Å². The van der Waals surface area contributed by atoms with Crippen LogP contribution in [0.1, 0.15) is 61.1 Å². The van der Waals surface area contributed by atoms with E-state index >= 15 is 0 Å². The monoisotopic (exact) mass is 438 g/mol. The molecule has 1 amide bonds. The summed E-state index contributed by atoms with van der Waals surface area (Å²) in [6, 6.07) is 6.26. The number of hydrogen-bond acceptors (Lipinski definition) is 3. The van der Waals surface area contributed by atoms with Crippen LogP contribution in [0.3, 0.4) is 0 Å². The Kier molecular flexibility index (Phi) is 4.50. The number of amides is 1. The summed E-state index contributed by atoms with van der Waals surface area (Å²) in [5.41, 5.74) is 1.35. The lowest BCUT2D eigenvalue weighted by atomic mass is 9.61. The van der Waals surface area contributed by atoms with Gasteiger partial charge in [-0.3, -0.25) is 9.69 Å². The summed E-state index contributed by atoms with van der Waals surface area (Å²) in [5.74, 6) is -0.0600. The Hall–Kier alpha value is -1.67. The van der Waals surface area contributed by atoms with Crippen LogP contribution in [-0.4, -0.2) is 41.9 Å². The van der Waals surface area contributed by atoms with E-state index in [-0.39, 0.29) is 11.2 Å². The zero-order valence-electron chi connectivity index (χ0n) is 16.8. The van der Waals surface area contributed by atoms with Gasteiger partial charge in [0.2, 0.25) is 0 Å². The molecule has 3 fully saturated rings. The van der Waals surface area contributed by atoms with Crippen molar-refractivity contribution in [2.75, 3.05) is 13.7 Å². The van der Waals surface area contributed by atoms with Crippen molar-refractivity contribution in [3.63, 3.8) is 0 Å². The second-order valence-corrected chi connectivity index (χ2v) is 9.66. The highest BCUT2D eigenvalue weighted by atomic mass is 32.1. The number of fused-ring (bicyclic) bond motifs is 3. The molecule has 1 heterocycles. The Morgan fingerprint density at radius 2 is 1.93 bits per heavy atom. The molecule has 1 atom stereocenters. The summed E-state index contributed by atoms with van der Waals surface area (Å²) >= 11 is 5.29. The van der Waals surface area contributed by atoms with E-state index in [1.807, 2.05) is 0 Å². The smallest absolute Gasteiger partial charge is 0.381 e. The second kappa shape index (κ2) is 6.66. The lowest BCUT2D eigenvalue weighted by Crippen LogP contribution is -2.57. The molecule has 0 aromatic heterocycles. The van der Waals surface area contributed by atoms with Gasteiger partial charge in [-0.1, -0.05) is 18.2 Å². The SMILES string of the molecule is COC1CCC2(CC1)Cc1ccc(C3CC3)cc1C21NC(=S)N(CC(F)(F)F)C1=O. The summed E-state index contributed by atoms with van der Waals surface area (Å²) in [6.45, 7) is -1.35. The van der Waals surface area contributed by atoms with Crippen molar-refractivity contribution < 1.29 is 22.7 Å². The number of nitrogens with zero attached hydrogens (tertiary/aromatic N) is 1.